The summed E-state index contributed by atoms with van der Waals surface area (Å²) >= 11 is 1.78. The van der Waals surface area contributed by atoms with E-state index < -0.39 is 35.1 Å². The van der Waals surface area contributed by atoms with Crippen LogP contribution in [0.15, 0.2) is 24.3 Å². The van der Waals surface area contributed by atoms with Gasteiger partial charge in [-0.1, -0.05) is 6.58 Å². The number of fused-ring (bicyclic) bond motifs is 2. The van der Waals surface area contributed by atoms with Gasteiger partial charge in [0, 0.05) is 25.0 Å². The fourth-order valence-corrected chi connectivity index (χ4v) is 5.75. The smallest absolute Gasteiger partial charge is 0.303 e. The predicted octanol–water partition coefficient (Wildman–Crippen LogP) is 5.31. The summed E-state index contributed by atoms with van der Waals surface area (Å²) in [7, 11) is 2.58. The second-order valence-corrected chi connectivity index (χ2v) is 11.2. The van der Waals surface area contributed by atoms with Crippen LogP contribution < -0.4 is 18.9 Å². The van der Waals surface area contributed by atoms with Gasteiger partial charge < -0.3 is 29.2 Å². The van der Waals surface area contributed by atoms with Gasteiger partial charge in [0.1, 0.15) is 24.2 Å². The molecule has 0 radical (unpaired) electrons. The van der Waals surface area contributed by atoms with Gasteiger partial charge in [0.15, 0.2) is 56.2 Å². The van der Waals surface area contributed by atoms with Crippen molar-refractivity contribution in [1.29, 1.82) is 0 Å². The van der Waals surface area contributed by atoms with Crippen molar-refractivity contribution in [3.05, 3.63) is 45.9 Å². The number of hydrogen-bond acceptors (Lipinski definition) is 12. The number of halogens is 2. The van der Waals surface area contributed by atoms with Gasteiger partial charge in [-0.2, -0.15) is 0 Å². The number of methoxy groups -OCH3 is 2. The van der Waals surface area contributed by atoms with Crippen LogP contribution in [0.3, 0.4) is 0 Å². The maximum absolute atomic E-state index is 15.4. The van der Waals surface area contributed by atoms with E-state index >= 15 is 8.78 Å². The molecule has 0 amide bonds. The predicted molar refractivity (Wildman–Crippen MR) is 155 cm³/mol. The Hall–Kier alpha value is -4.70. The van der Waals surface area contributed by atoms with E-state index in [1.54, 1.807) is 0 Å². The Balaban J connectivity index is 1.48. The second kappa shape index (κ2) is 13.7. The fraction of sp³-hybridized carbons (Fsp3) is 0.286. The van der Waals surface area contributed by atoms with Crippen LogP contribution in [0.4, 0.5) is 8.78 Å². The van der Waals surface area contributed by atoms with Gasteiger partial charge in [-0.25, -0.2) is 18.7 Å². The molecule has 0 atom stereocenters. The van der Waals surface area contributed by atoms with Gasteiger partial charge in [0.2, 0.25) is 0 Å². The molecular formula is C28H24F2N2O10S2. The Labute approximate surface area is 255 Å². The number of nitrogens with zero attached hydrogens (tertiary/aromatic N) is 2. The Morgan fingerprint density at radius 1 is 0.750 bits per heavy atom. The Kier molecular flexibility index (Phi) is 10.1. The van der Waals surface area contributed by atoms with Crippen molar-refractivity contribution >= 4 is 66.6 Å². The molecule has 0 saturated heterocycles. The van der Waals surface area contributed by atoms with Gasteiger partial charge in [-0.15, -0.1) is 22.7 Å². The minimum absolute atomic E-state index is 0.00677. The van der Waals surface area contributed by atoms with Gasteiger partial charge in [0.25, 0.3) is 0 Å². The molecule has 4 rings (SSSR count). The van der Waals surface area contributed by atoms with Crippen LogP contribution in [0, 0.1) is 11.6 Å². The molecule has 0 saturated carbocycles. The van der Waals surface area contributed by atoms with Crippen molar-refractivity contribution in [3.63, 3.8) is 0 Å². The van der Waals surface area contributed by atoms with Crippen LogP contribution in [0.5, 0.6) is 23.0 Å². The molecule has 0 unspecified atom stereocenters. The van der Waals surface area contributed by atoms with E-state index in [0.29, 0.717) is 9.40 Å². The molecule has 0 aliphatic heterocycles. The monoisotopic (exact) mass is 650 g/mol. The number of benzene rings is 2. The molecule has 232 valence electrons. The number of aromatic nitrogens is 2. The topological polar surface area (TPSA) is 171 Å². The molecule has 0 aliphatic carbocycles. The molecule has 2 aromatic heterocycles. The van der Waals surface area contributed by atoms with Crippen LogP contribution in [0.1, 0.15) is 45.3 Å². The average molecular weight is 651 g/mol. The Bertz CT molecular complexity index is 1670. The molecule has 2 heterocycles. The summed E-state index contributed by atoms with van der Waals surface area (Å²) in [5.41, 5.74) is -0.0650. The van der Waals surface area contributed by atoms with Gasteiger partial charge in [-0.3, -0.25) is 19.2 Å². The lowest BCUT2D eigenvalue weighted by Crippen LogP contribution is -2.11. The normalized spacial score (nSPS) is 11.0. The summed E-state index contributed by atoms with van der Waals surface area (Å²) in [5.74, 6) is -5.81. The highest BCUT2D eigenvalue weighted by Gasteiger charge is 2.24. The third-order valence-electron chi connectivity index (χ3n) is 5.98. The van der Waals surface area contributed by atoms with E-state index in [1.807, 2.05) is 0 Å². The van der Waals surface area contributed by atoms with Gasteiger partial charge in [-0.05, 0) is 5.57 Å². The zero-order valence-electron chi connectivity index (χ0n) is 23.2. The zero-order valence-corrected chi connectivity index (χ0v) is 24.9. The van der Waals surface area contributed by atoms with Crippen LogP contribution in [0.2, 0.25) is 0 Å². The summed E-state index contributed by atoms with van der Waals surface area (Å²) in [5, 5.41) is 17.5. The van der Waals surface area contributed by atoms with Crippen LogP contribution in [-0.2, 0) is 9.59 Å². The third kappa shape index (κ3) is 7.08. The maximum atomic E-state index is 15.4. The summed E-state index contributed by atoms with van der Waals surface area (Å²) in [6, 6.07) is 2.87. The molecule has 2 N–H and O–H groups in total. The molecule has 4 aromatic rings. The van der Waals surface area contributed by atoms with E-state index in [2.05, 4.69) is 16.5 Å². The lowest BCUT2D eigenvalue weighted by Gasteiger charge is -2.15. The number of aliphatic carboxylic acids is 2. The number of ketones is 2. The lowest BCUT2D eigenvalue weighted by molar-refractivity contribution is -0.137. The standard InChI is InChI=1S/C28H24F2N2O10S2/c1-12(10-41-25-15(39-2)8-17-23(21(25)29)31-27(43-17)13(33)4-6-19(35)36)11-42-26-16(40-3)9-18-24(22(26)30)32-28(44-18)14(34)5-7-20(37)38/h8-9H,1,4-7,10-11H2,2-3H3,(H,35,36)(H,37,38). The molecule has 0 bridgehead atoms. The summed E-state index contributed by atoms with van der Waals surface area (Å²) < 4.78 is 53.1. The van der Waals surface area contributed by atoms with Crippen molar-refractivity contribution in [3.8, 4) is 23.0 Å². The van der Waals surface area contributed by atoms with E-state index in [9.17, 15) is 19.2 Å². The van der Waals surface area contributed by atoms with E-state index in [1.165, 1.54) is 26.4 Å². The van der Waals surface area contributed by atoms with Crippen molar-refractivity contribution in [2.24, 2.45) is 0 Å². The quantitative estimate of drug-likeness (QED) is 0.118. The number of carbonyl (C=O) groups is 4. The molecule has 12 nitrogen and oxygen atoms in total. The SMILES string of the molecule is C=C(COc1c(OC)cc2sc(C(=O)CCC(=O)O)nc2c1F)COc1c(OC)cc2sc(C(=O)CCC(=O)O)nc2c1F. The Morgan fingerprint density at radius 2 is 1.14 bits per heavy atom. The zero-order chi connectivity index (χ0) is 32.1. The fourth-order valence-electron chi connectivity index (χ4n) is 3.83. The highest BCUT2D eigenvalue weighted by Crippen LogP contribution is 2.40. The first-order valence-corrected chi connectivity index (χ1v) is 14.3. The van der Waals surface area contributed by atoms with Crippen LogP contribution in [0.25, 0.3) is 20.4 Å². The largest absolute Gasteiger partial charge is 0.493 e. The van der Waals surface area contributed by atoms with Crippen LogP contribution in [-0.4, -0.2) is 71.1 Å². The number of ether oxygens (including phenoxy) is 4. The summed E-state index contributed by atoms with van der Waals surface area (Å²) in [6.45, 7) is 3.23. The minimum Gasteiger partial charge on any atom is -0.493 e. The molecular weight excluding hydrogens is 626 g/mol. The first-order valence-electron chi connectivity index (χ1n) is 12.7. The van der Waals surface area contributed by atoms with Crippen LogP contribution >= 0.6 is 22.7 Å². The molecule has 0 fully saturated rings. The molecule has 2 aromatic carbocycles. The highest BCUT2D eigenvalue weighted by molar-refractivity contribution is 7.20. The van der Waals surface area contributed by atoms with E-state index in [4.69, 9.17) is 29.2 Å². The number of carbonyl (C=O) groups excluding carboxylic acids is 2. The van der Waals surface area contributed by atoms with Gasteiger partial charge >= 0.3 is 11.9 Å². The van der Waals surface area contributed by atoms with Crippen molar-refractivity contribution < 1.29 is 57.1 Å². The maximum Gasteiger partial charge on any atom is 0.303 e. The van der Waals surface area contributed by atoms with Crippen molar-refractivity contribution in [2.45, 2.75) is 25.7 Å². The summed E-state index contributed by atoms with van der Waals surface area (Å²) in [4.78, 5) is 54.2. The molecule has 0 aliphatic rings. The first-order chi connectivity index (χ1) is 20.9. The van der Waals surface area contributed by atoms with E-state index in [-0.39, 0.29) is 88.5 Å². The summed E-state index contributed by atoms with van der Waals surface area (Å²) in [6.07, 6.45) is -1.35. The molecule has 44 heavy (non-hydrogen) atoms. The van der Waals surface area contributed by atoms with E-state index in [0.717, 1.165) is 22.7 Å². The number of Topliss-reactive ketones (excluding diaryl/α,β-unsaturated/α-hetero) is 2. The van der Waals surface area contributed by atoms with Gasteiger partial charge in [0.05, 0.1) is 36.5 Å². The Morgan fingerprint density at radius 3 is 1.48 bits per heavy atom. The van der Waals surface area contributed by atoms with Crippen molar-refractivity contribution in [2.75, 3.05) is 27.4 Å². The third-order valence-corrected chi connectivity index (χ3v) is 8.07. The lowest BCUT2D eigenvalue weighted by atomic mass is 10.2. The van der Waals surface area contributed by atoms with Crippen molar-refractivity contribution in [1.82, 2.24) is 9.97 Å². The molecule has 0 spiro atoms. The second-order valence-electron chi connectivity index (χ2n) is 9.14. The minimum atomic E-state index is -1.15. The number of carboxylic acids is 2. The average Bonchev–Trinajstić information content (AvgIpc) is 3.62. The number of hydrogen-bond donors (Lipinski definition) is 2. The first kappa shape index (κ1) is 32.2. The highest BCUT2D eigenvalue weighted by atomic mass is 32.1. The molecule has 16 heteroatoms. The number of rotatable bonds is 16. The number of thiazole rings is 2. The number of carboxylic acid groups (broad SMARTS) is 2.